The van der Waals surface area contributed by atoms with Crippen molar-refractivity contribution in [2.45, 2.75) is 19.7 Å². The summed E-state index contributed by atoms with van der Waals surface area (Å²) in [6.07, 6.45) is 0. The quantitative estimate of drug-likeness (QED) is 0.336. The zero-order valence-electron chi connectivity index (χ0n) is 17.1. The molecule has 4 nitrogen and oxygen atoms in total. The van der Waals surface area contributed by atoms with E-state index in [9.17, 15) is 9.18 Å². The summed E-state index contributed by atoms with van der Waals surface area (Å²) in [5.41, 5.74) is 2.50. The number of rotatable bonds is 8. The molecule has 0 unspecified atom stereocenters. The van der Waals surface area contributed by atoms with E-state index in [-0.39, 0.29) is 12.2 Å². The molecule has 2 N–H and O–H groups in total. The van der Waals surface area contributed by atoms with E-state index in [2.05, 4.69) is 5.32 Å². The lowest BCUT2D eigenvalue weighted by Gasteiger charge is -2.16. The maximum atomic E-state index is 14.2. The molecule has 0 aliphatic carbocycles. The Hall–Kier alpha value is -3.41. The van der Waals surface area contributed by atoms with Gasteiger partial charge in [-0.3, -0.25) is 0 Å². The first-order chi connectivity index (χ1) is 15.5. The third kappa shape index (κ3) is 4.90. The van der Waals surface area contributed by atoms with Crippen LogP contribution in [-0.2, 0) is 19.7 Å². The van der Waals surface area contributed by atoms with Crippen molar-refractivity contribution in [2.24, 2.45) is 0 Å². The van der Waals surface area contributed by atoms with Gasteiger partial charge < -0.3 is 15.2 Å². The van der Waals surface area contributed by atoms with Gasteiger partial charge in [-0.15, -0.1) is 0 Å². The summed E-state index contributed by atoms with van der Waals surface area (Å²) in [6.45, 7) is 1.09. The first-order valence-corrected chi connectivity index (χ1v) is 10.5. The van der Waals surface area contributed by atoms with E-state index < -0.39 is 11.8 Å². The SMILES string of the molecule is O=C(O)c1ccc(CNCc2c(OCc3c(F)cccc3Cl)ccc3ccccc23)cc1. The molecule has 0 heterocycles. The fraction of sp³-hybridized carbons (Fsp3) is 0.115. The number of carbonyl (C=O) groups is 1. The Morgan fingerprint density at radius 3 is 2.44 bits per heavy atom. The number of fused-ring (bicyclic) bond motifs is 1. The van der Waals surface area contributed by atoms with Gasteiger partial charge in [0.1, 0.15) is 18.2 Å². The lowest BCUT2D eigenvalue weighted by atomic mass is 10.0. The van der Waals surface area contributed by atoms with Crippen LogP contribution >= 0.6 is 11.6 Å². The highest BCUT2D eigenvalue weighted by atomic mass is 35.5. The monoisotopic (exact) mass is 449 g/mol. The van der Waals surface area contributed by atoms with Gasteiger partial charge >= 0.3 is 5.97 Å². The second-order valence-corrected chi connectivity index (χ2v) is 7.77. The van der Waals surface area contributed by atoms with E-state index in [0.29, 0.717) is 29.4 Å². The smallest absolute Gasteiger partial charge is 0.335 e. The molecule has 0 amide bonds. The van der Waals surface area contributed by atoms with Crippen LogP contribution in [0.15, 0.2) is 78.9 Å². The number of hydrogen-bond donors (Lipinski definition) is 2. The lowest BCUT2D eigenvalue weighted by molar-refractivity contribution is 0.0697. The number of nitrogens with one attached hydrogen (secondary N) is 1. The number of carboxylic acids is 1. The van der Waals surface area contributed by atoms with Crippen LogP contribution in [0.1, 0.15) is 27.0 Å². The van der Waals surface area contributed by atoms with Gasteiger partial charge in [-0.25, -0.2) is 9.18 Å². The highest BCUT2D eigenvalue weighted by molar-refractivity contribution is 6.31. The predicted octanol–water partition coefficient (Wildman–Crippen LogP) is 6.20. The minimum absolute atomic E-state index is 0.0213. The summed E-state index contributed by atoms with van der Waals surface area (Å²) >= 11 is 6.14. The minimum atomic E-state index is -0.947. The summed E-state index contributed by atoms with van der Waals surface area (Å²) in [6, 6.07) is 23.2. The van der Waals surface area contributed by atoms with E-state index in [4.69, 9.17) is 21.4 Å². The van der Waals surface area contributed by atoms with Gasteiger partial charge in [0, 0.05) is 24.2 Å². The molecular weight excluding hydrogens is 429 g/mol. The van der Waals surface area contributed by atoms with Crippen molar-refractivity contribution in [1.82, 2.24) is 5.32 Å². The van der Waals surface area contributed by atoms with Gasteiger partial charge in [0.25, 0.3) is 0 Å². The maximum absolute atomic E-state index is 14.2. The summed E-state index contributed by atoms with van der Waals surface area (Å²) < 4.78 is 20.2. The van der Waals surface area contributed by atoms with Crippen LogP contribution in [0.25, 0.3) is 10.8 Å². The molecule has 4 aromatic carbocycles. The van der Waals surface area contributed by atoms with Gasteiger partial charge in [-0.05, 0) is 46.7 Å². The van der Waals surface area contributed by atoms with Crippen LogP contribution in [0.3, 0.4) is 0 Å². The second-order valence-electron chi connectivity index (χ2n) is 7.36. The number of carboxylic acid groups (broad SMARTS) is 1. The van der Waals surface area contributed by atoms with Crippen LogP contribution in [-0.4, -0.2) is 11.1 Å². The van der Waals surface area contributed by atoms with Gasteiger partial charge in [-0.2, -0.15) is 0 Å². The molecule has 0 aliphatic rings. The van der Waals surface area contributed by atoms with E-state index in [1.54, 1.807) is 36.4 Å². The maximum Gasteiger partial charge on any atom is 0.335 e. The van der Waals surface area contributed by atoms with Crippen LogP contribution in [0.2, 0.25) is 5.02 Å². The van der Waals surface area contributed by atoms with E-state index in [0.717, 1.165) is 21.9 Å². The molecule has 0 bridgehead atoms. The molecule has 0 atom stereocenters. The molecule has 0 spiro atoms. The van der Waals surface area contributed by atoms with Gasteiger partial charge in [0.15, 0.2) is 0 Å². The van der Waals surface area contributed by atoms with E-state index >= 15 is 0 Å². The highest BCUT2D eigenvalue weighted by Gasteiger charge is 2.12. The molecule has 0 saturated heterocycles. The standard InChI is InChI=1S/C26H21ClFNO3/c27-23-6-3-7-24(28)22(23)16-32-25-13-12-18-4-1-2-5-20(18)21(25)15-29-14-17-8-10-19(11-9-17)26(30)31/h1-13,29H,14-16H2,(H,30,31). The molecule has 0 radical (unpaired) electrons. The molecule has 6 heteroatoms. The molecule has 4 aromatic rings. The number of halogens is 2. The summed E-state index contributed by atoms with van der Waals surface area (Å²) in [5.74, 6) is -0.698. The fourth-order valence-corrected chi connectivity index (χ4v) is 3.77. The predicted molar refractivity (Wildman–Crippen MR) is 124 cm³/mol. The van der Waals surface area contributed by atoms with E-state index in [1.807, 2.05) is 36.4 Å². The molecule has 0 aromatic heterocycles. The minimum Gasteiger partial charge on any atom is -0.488 e. The van der Waals surface area contributed by atoms with Crippen molar-refractivity contribution >= 4 is 28.3 Å². The lowest BCUT2D eigenvalue weighted by Crippen LogP contribution is -2.14. The molecule has 4 rings (SSSR count). The Balaban J connectivity index is 1.54. The molecule has 32 heavy (non-hydrogen) atoms. The third-order valence-corrected chi connectivity index (χ3v) is 5.62. The third-order valence-electron chi connectivity index (χ3n) is 5.26. The van der Waals surface area contributed by atoms with E-state index in [1.165, 1.54) is 6.07 Å². The first-order valence-electron chi connectivity index (χ1n) is 10.1. The van der Waals surface area contributed by atoms with Crippen molar-refractivity contribution < 1.29 is 19.0 Å². The molecular formula is C26H21ClFNO3. The van der Waals surface area contributed by atoms with Gasteiger partial charge in [0.05, 0.1) is 10.6 Å². The van der Waals surface area contributed by atoms with Gasteiger partial charge in [0.2, 0.25) is 0 Å². The summed E-state index contributed by atoms with van der Waals surface area (Å²) in [4.78, 5) is 11.0. The van der Waals surface area contributed by atoms with Crippen molar-refractivity contribution in [3.63, 3.8) is 0 Å². The fourth-order valence-electron chi connectivity index (χ4n) is 3.55. The van der Waals surface area contributed by atoms with Crippen molar-refractivity contribution in [3.05, 3.63) is 112 Å². The molecule has 0 fully saturated rings. The van der Waals surface area contributed by atoms with Crippen molar-refractivity contribution in [2.75, 3.05) is 0 Å². The Kier molecular flexibility index (Phi) is 6.69. The van der Waals surface area contributed by atoms with Crippen LogP contribution in [0.5, 0.6) is 5.75 Å². The van der Waals surface area contributed by atoms with Gasteiger partial charge in [-0.1, -0.05) is 60.1 Å². The van der Waals surface area contributed by atoms with Crippen LogP contribution in [0.4, 0.5) is 4.39 Å². The van der Waals surface area contributed by atoms with Crippen molar-refractivity contribution in [3.8, 4) is 5.75 Å². The number of benzene rings is 4. The average molecular weight is 450 g/mol. The van der Waals surface area contributed by atoms with Crippen LogP contribution < -0.4 is 10.1 Å². The first kappa shape index (κ1) is 21.8. The zero-order valence-corrected chi connectivity index (χ0v) is 17.9. The normalized spacial score (nSPS) is 10.9. The largest absolute Gasteiger partial charge is 0.488 e. The number of hydrogen-bond acceptors (Lipinski definition) is 3. The Labute approximate surface area is 190 Å². The average Bonchev–Trinajstić information content (AvgIpc) is 2.80. The molecule has 0 saturated carbocycles. The zero-order chi connectivity index (χ0) is 22.5. The molecule has 0 aliphatic heterocycles. The second kappa shape index (κ2) is 9.81. The Bertz CT molecular complexity index is 1240. The number of ether oxygens (including phenoxy) is 1. The number of aromatic carboxylic acids is 1. The Morgan fingerprint density at radius 2 is 1.69 bits per heavy atom. The molecule has 162 valence electrons. The summed E-state index contributed by atoms with van der Waals surface area (Å²) in [5, 5.41) is 14.9. The summed E-state index contributed by atoms with van der Waals surface area (Å²) in [7, 11) is 0. The highest BCUT2D eigenvalue weighted by Crippen LogP contribution is 2.30. The van der Waals surface area contributed by atoms with Crippen molar-refractivity contribution in [1.29, 1.82) is 0 Å². The van der Waals surface area contributed by atoms with Crippen LogP contribution in [0, 0.1) is 5.82 Å². The Morgan fingerprint density at radius 1 is 0.906 bits per heavy atom. The topological polar surface area (TPSA) is 58.6 Å².